The quantitative estimate of drug-likeness (QED) is 0.823. The number of nitrogens with zero attached hydrogens (tertiary/aromatic N) is 1. The van der Waals surface area contributed by atoms with E-state index in [4.69, 9.17) is 5.73 Å². The number of piperidine rings is 1. The zero-order valence-electron chi connectivity index (χ0n) is 11.8. The molecule has 1 aliphatic heterocycles. The van der Waals surface area contributed by atoms with Crippen molar-refractivity contribution in [3.63, 3.8) is 0 Å². The van der Waals surface area contributed by atoms with Gasteiger partial charge in [-0.1, -0.05) is 20.8 Å². The van der Waals surface area contributed by atoms with Gasteiger partial charge in [0.2, 0.25) is 5.91 Å². The van der Waals surface area contributed by atoms with E-state index in [0.29, 0.717) is 18.2 Å². The summed E-state index contributed by atoms with van der Waals surface area (Å²) in [5.41, 5.74) is 6.15. The minimum atomic E-state index is 0.250. The predicted molar refractivity (Wildman–Crippen MR) is 71.6 cm³/mol. The third kappa shape index (κ3) is 5.07. The Morgan fingerprint density at radius 3 is 2.29 bits per heavy atom. The predicted octanol–water partition coefficient (Wildman–Crippen LogP) is 2.40. The first-order valence-corrected chi connectivity index (χ1v) is 6.83. The molecule has 3 heteroatoms. The summed E-state index contributed by atoms with van der Waals surface area (Å²) in [5.74, 6) is 0.921. The number of carbonyl (C=O) groups excluding carboxylic acids is 1. The average molecular weight is 240 g/mol. The van der Waals surface area contributed by atoms with Crippen LogP contribution in [0.5, 0.6) is 0 Å². The monoisotopic (exact) mass is 240 g/mol. The van der Waals surface area contributed by atoms with Gasteiger partial charge in [-0.3, -0.25) is 4.79 Å². The van der Waals surface area contributed by atoms with Gasteiger partial charge in [-0.25, -0.2) is 0 Å². The van der Waals surface area contributed by atoms with Gasteiger partial charge in [-0.15, -0.1) is 0 Å². The number of hydrogen-bond donors (Lipinski definition) is 1. The Morgan fingerprint density at radius 1 is 1.35 bits per heavy atom. The van der Waals surface area contributed by atoms with E-state index in [1.807, 2.05) is 4.90 Å². The Bertz CT molecular complexity index is 247. The van der Waals surface area contributed by atoms with Gasteiger partial charge in [0, 0.05) is 25.6 Å². The second-order valence-electron chi connectivity index (χ2n) is 6.64. The van der Waals surface area contributed by atoms with Gasteiger partial charge in [0.25, 0.3) is 0 Å². The zero-order valence-corrected chi connectivity index (χ0v) is 11.8. The van der Waals surface area contributed by atoms with Crippen molar-refractivity contribution in [2.75, 3.05) is 13.1 Å². The summed E-state index contributed by atoms with van der Waals surface area (Å²) in [6.07, 6.45) is 3.79. The molecule has 0 bridgehead atoms. The Balaban J connectivity index is 2.31. The van der Waals surface area contributed by atoms with Crippen molar-refractivity contribution in [3.8, 4) is 0 Å². The number of hydrogen-bond acceptors (Lipinski definition) is 2. The normalized spacial score (nSPS) is 20.4. The highest BCUT2D eigenvalue weighted by Crippen LogP contribution is 2.23. The largest absolute Gasteiger partial charge is 0.343 e. The van der Waals surface area contributed by atoms with Crippen LogP contribution in [0.15, 0.2) is 0 Å². The third-order valence-electron chi connectivity index (χ3n) is 3.72. The fraction of sp³-hybridized carbons (Fsp3) is 0.929. The first-order valence-electron chi connectivity index (χ1n) is 6.83. The third-order valence-corrected chi connectivity index (χ3v) is 3.72. The van der Waals surface area contributed by atoms with Crippen molar-refractivity contribution in [2.45, 2.75) is 59.4 Å². The maximum atomic E-state index is 12.0. The summed E-state index contributed by atoms with van der Waals surface area (Å²) in [5, 5.41) is 0. The summed E-state index contributed by atoms with van der Waals surface area (Å²) in [4.78, 5) is 14.0. The van der Waals surface area contributed by atoms with Crippen LogP contribution in [-0.2, 0) is 4.79 Å². The maximum absolute atomic E-state index is 12.0. The second kappa shape index (κ2) is 5.85. The van der Waals surface area contributed by atoms with E-state index in [0.717, 1.165) is 32.4 Å². The van der Waals surface area contributed by atoms with Crippen molar-refractivity contribution in [1.29, 1.82) is 0 Å². The lowest BCUT2D eigenvalue weighted by molar-refractivity contribution is -0.133. The van der Waals surface area contributed by atoms with Gasteiger partial charge >= 0.3 is 0 Å². The molecule has 1 unspecified atom stereocenters. The van der Waals surface area contributed by atoms with Crippen molar-refractivity contribution in [3.05, 3.63) is 0 Å². The fourth-order valence-corrected chi connectivity index (χ4v) is 2.31. The molecule has 1 amide bonds. The minimum Gasteiger partial charge on any atom is -0.343 e. The molecule has 0 saturated carbocycles. The molecule has 3 nitrogen and oxygen atoms in total. The Morgan fingerprint density at radius 2 is 1.88 bits per heavy atom. The van der Waals surface area contributed by atoms with E-state index >= 15 is 0 Å². The number of likely N-dealkylation sites (tertiary alicyclic amines) is 1. The second-order valence-corrected chi connectivity index (χ2v) is 6.64. The molecule has 1 aliphatic rings. The van der Waals surface area contributed by atoms with Crippen LogP contribution >= 0.6 is 0 Å². The van der Waals surface area contributed by atoms with Gasteiger partial charge in [0.15, 0.2) is 0 Å². The number of nitrogens with two attached hydrogens (primary N) is 1. The molecule has 0 spiro atoms. The number of amides is 1. The Hall–Kier alpha value is -0.570. The van der Waals surface area contributed by atoms with Gasteiger partial charge in [0.05, 0.1) is 0 Å². The summed E-state index contributed by atoms with van der Waals surface area (Å²) in [6.45, 7) is 10.4. The molecule has 17 heavy (non-hydrogen) atoms. The molecule has 0 aromatic heterocycles. The maximum Gasteiger partial charge on any atom is 0.222 e. The van der Waals surface area contributed by atoms with Crippen molar-refractivity contribution < 1.29 is 4.79 Å². The average Bonchev–Trinajstić information content (AvgIpc) is 2.25. The van der Waals surface area contributed by atoms with Crippen LogP contribution in [0.2, 0.25) is 0 Å². The van der Waals surface area contributed by atoms with Crippen LogP contribution in [0.1, 0.15) is 53.4 Å². The van der Waals surface area contributed by atoms with E-state index in [9.17, 15) is 4.79 Å². The Labute approximate surface area is 106 Å². The zero-order chi connectivity index (χ0) is 13.1. The van der Waals surface area contributed by atoms with E-state index in [1.54, 1.807) is 0 Å². The first kappa shape index (κ1) is 14.5. The van der Waals surface area contributed by atoms with Gasteiger partial charge in [0.1, 0.15) is 0 Å². The summed E-state index contributed by atoms with van der Waals surface area (Å²) in [7, 11) is 0. The first-order chi connectivity index (χ1) is 7.79. The molecule has 0 aromatic rings. The van der Waals surface area contributed by atoms with Crippen LogP contribution in [0.25, 0.3) is 0 Å². The van der Waals surface area contributed by atoms with Crippen LogP contribution in [0, 0.1) is 11.3 Å². The Kier molecular flexibility index (Phi) is 4.99. The lowest BCUT2D eigenvalue weighted by Crippen LogP contribution is -2.42. The van der Waals surface area contributed by atoms with E-state index in [-0.39, 0.29) is 11.5 Å². The lowest BCUT2D eigenvalue weighted by Gasteiger charge is -2.34. The van der Waals surface area contributed by atoms with Gasteiger partial charge in [-0.05, 0) is 37.5 Å². The van der Waals surface area contributed by atoms with Crippen molar-refractivity contribution >= 4 is 5.91 Å². The van der Waals surface area contributed by atoms with Crippen LogP contribution in [0.4, 0.5) is 0 Å². The molecule has 0 aliphatic carbocycles. The molecule has 1 rings (SSSR count). The van der Waals surface area contributed by atoms with E-state index in [1.165, 1.54) is 0 Å². The standard InChI is InChI=1S/C14H28N2O/c1-11(15)12-6-9-16(10-7-12)13(17)5-8-14(2,3)4/h11-12H,5-10,15H2,1-4H3. The molecule has 1 fully saturated rings. The fourth-order valence-electron chi connectivity index (χ4n) is 2.31. The highest BCUT2D eigenvalue weighted by atomic mass is 16.2. The molecular formula is C14H28N2O. The molecule has 0 radical (unpaired) electrons. The van der Waals surface area contributed by atoms with E-state index in [2.05, 4.69) is 27.7 Å². The smallest absolute Gasteiger partial charge is 0.222 e. The molecule has 1 heterocycles. The van der Waals surface area contributed by atoms with Crippen molar-refractivity contribution in [2.24, 2.45) is 17.1 Å². The van der Waals surface area contributed by atoms with Crippen LogP contribution < -0.4 is 5.73 Å². The molecule has 0 aromatic carbocycles. The van der Waals surface area contributed by atoms with Crippen molar-refractivity contribution in [1.82, 2.24) is 4.90 Å². The summed E-state index contributed by atoms with van der Waals surface area (Å²) >= 11 is 0. The lowest BCUT2D eigenvalue weighted by atomic mass is 9.89. The minimum absolute atomic E-state index is 0.250. The highest BCUT2D eigenvalue weighted by Gasteiger charge is 2.25. The van der Waals surface area contributed by atoms with Gasteiger partial charge in [-0.2, -0.15) is 0 Å². The van der Waals surface area contributed by atoms with Crippen LogP contribution in [-0.4, -0.2) is 29.9 Å². The molecule has 100 valence electrons. The molecule has 1 saturated heterocycles. The van der Waals surface area contributed by atoms with Gasteiger partial charge < -0.3 is 10.6 Å². The topological polar surface area (TPSA) is 46.3 Å². The summed E-state index contributed by atoms with van der Waals surface area (Å²) < 4.78 is 0. The number of carbonyl (C=O) groups is 1. The van der Waals surface area contributed by atoms with E-state index < -0.39 is 0 Å². The SMILES string of the molecule is CC(N)C1CCN(C(=O)CCC(C)(C)C)CC1. The number of rotatable bonds is 3. The molecule has 1 atom stereocenters. The highest BCUT2D eigenvalue weighted by molar-refractivity contribution is 5.76. The molecule has 2 N–H and O–H groups in total. The summed E-state index contributed by atoms with van der Waals surface area (Å²) in [6, 6.07) is 0.266. The molecular weight excluding hydrogens is 212 g/mol. The van der Waals surface area contributed by atoms with Crippen LogP contribution in [0.3, 0.4) is 0 Å².